The topological polar surface area (TPSA) is 74.5 Å². The fourth-order valence-corrected chi connectivity index (χ4v) is 3.13. The van der Waals surface area contributed by atoms with E-state index in [0.29, 0.717) is 25.4 Å². The first-order valence-electron chi connectivity index (χ1n) is 9.72. The van der Waals surface area contributed by atoms with Crippen LogP contribution in [0.25, 0.3) is 0 Å². The molecule has 1 aromatic heterocycles. The quantitative estimate of drug-likeness (QED) is 0.761. The normalized spacial score (nSPS) is 17.0. The Balaban J connectivity index is 1.41. The van der Waals surface area contributed by atoms with Gasteiger partial charge in [-0.15, -0.1) is 0 Å². The van der Waals surface area contributed by atoms with Crippen molar-refractivity contribution in [3.63, 3.8) is 0 Å². The molecule has 0 radical (unpaired) electrons. The zero-order valence-electron chi connectivity index (χ0n) is 16.2. The molecule has 1 saturated heterocycles. The average Bonchev–Trinajstić information content (AvgIpc) is 3.10. The number of piperazine rings is 1. The Morgan fingerprint density at radius 3 is 2.59 bits per heavy atom. The minimum absolute atomic E-state index is 0.111. The van der Waals surface area contributed by atoms with E-state index in [2.05, 4.69) is 44.3 Å². The Morgan fingerprint density at radius 2 is 1.89 bits per heavy atom. The second kappa shape index (κ2) is 9.62. The summed E-state index contributed by atoms with van der Waals surface area (Å²) in [5.74, 6) is 1.49. The molecule has 1 amide bonds. The number of carbonyl (C=O) groups is 1. The van der Waals surface area contributed by atoms with Crippen molar-refractivity contribution in [2.24, 2.45) is 0 Å². The number of rotatable bonds is 8. The van der Waals surface area contributed by atoms with Gasteiger partial charge in [0.2, 0.25) is 11.8 Å². The lowest BCUT2D eigenvalue weighted by atomic mass is 10.1. The highest BCUT2D eigenvalue weighted by molar-refractivity contribution is 5.78. The lowest BCUT2D eigenvalue weighted by Crippen LogP contribution is -2.49. The summed E-state index contributed by atoms with van der Waals surface area (Å²) in [6.07, 6.45) is 1.64. The van der Waals surface area contributed by atoms with Crippen LogP contribution in [0.5, 0.6) is 0 Å². The minimum atomic E-state index is 0.111. The molecule has 0 bridgehead atoms. The third kappa shape index (κ3) is 6.15. The lowest BCUT2D eigenvalue weighted by molar-refractivity contribution is -0.123. The van der Waals surface area contributed by atoms with Crippen LogP contribution in [0.4, 0.5) is 0 Å². The van der Waals surface area contributed by atoms with E-state index in [-0.39, 0.29) is 11.9 Å². The molecule has 1 N–H and O–H groups in total. The third-order valence-corrected chi connectivity index (χ3v) is 4.93. The molecule has 1 aliphatic heterocycles. The van der Waals surface area contributed by atoms with Gasteiger partial charge in [0.1, 0.15) is 0 Å². The predicted molar refractivity (Wildman–Crippen MR) is 103 cm³/mol. The summed E-state index contributed by atoms with van der Waals surface area (Å²) < 4.78 is 5.41. The smallest absolute Gasteiger partial charge is 0.240 e. The van der Waals surface area contributed by atoms with Gasteiger partial charge in [0.15, 0.2) is 5.82 Å². The first-order chi connectivity index (χ1) is 13.1. The van der Waals surface area contributed by atoms with Gasteiger partial charge in [0, 0.05) is 38.6 Å². The van der Waals surface area contributed by atoms with Gasteiger partial charge in [0.05, 0.1) is 13.1 Å². The lowest BCUT2D eigenvalue weighted by Gasteiger charge is -2.33. The summed E-state index contributed by atoms with van der Waals surface area (Å²) in [5.41, 5.74) is 1.18. The molecular weight excluding hydrogens is 342 g/mol. The second-order valence-electron chi connectivity index (χ2n) is 7.20. The van der Waals surface area contributed by atoms with Crippen LogP contribution < -0.4 is 5.32 Å². The van der Waals surface area contributed by atoms with E-state index >= 15 is 0 Å². The molecule has 7 heteroatoms. The summed E-state index contributed by atoms with van der Waals surface area (Å²) >= 11 is 0. The van der Waals surface area contributed by atoms with Crippen LogP contribution >= 0.6 is 0 Å². The van der Waals surface area contributed by atoms with E-state index in [0.717, 1.165) is 38.4 Å². The molecule has 3 rings (SSSR count). The van der Waals surface area contributed by atoms with Crippen molar-refractivity contribution >= 4 is 5.91 Å². The van der Waals surface area contributed by atoms with Gasteiger partial charge >= 0.3 is 0 Å². The predicted octanol–water partition coefficient (Wildman–Crippen LogP) is 1.69. The molecule has 1 atom stereocenters. The van der Waals surface area contributed by atoms with Crippen molar-refractivity contribution in [3.05, 3.63) is 47.6 Å². The molecular formula is C20H29N5O2. The molecule has 1 unspecified atom stereocenters. The Morgan fingerprint density at radius 1 is 1.19 bits per heavy atom. The molecule has 146 valence electrons. The van der Waals surface area contributed by atoms with Crippen molar-refractivity contribution in [1.82, 2.24) is 25.3 Å². The molecule has 2 heterocycles. The zero-order chi connectivity index (χ0) is 19.1. The standard InChI is InChI=1S/C20H29N5O2/c1-3-16(2)21-19(26)14-24-9-11-25(12-10-24)15-20-22-18(23-27-20)13-17-7-5-4-6-8-17/h4-8,16H,3,9-15H2,1-2H3,(H,21,26). The Labute approximate surface area is 160 Å². The maximum absolute atomic E-state index is 12.0. The number of nitrogens with one attached hydrogen (secondary N) is 1. The summed E-state index contributed by atoms with van der Waals surface area (Å²) in [4.78, 5) is 21.0. The number of hydrogen-bond acceptors (Lipinski definition) is 6. The molecule has 1 fully saturated rings. The molecule has 1 aliphatic rings. The van der Waals surface area contributed by atoms with Gasteiger partial charge in [-0.2, -0.15) is 4.98 Å². The van der Waals surface area contributed by atoms with Crippen molar-refractivity contribution in [2.75, 3.05) is 32.7 Å². The van der Waals surface area contributed by atoms with Gasteiger partial charge in [-0.05, 0) is 18.9 Å². The summed E-state index contributed by atoms with van der Waals surface area (Å²) in [6.45, 7) is 8.78. The van der Waals surface area contributed by atoms with Crippen LogP contribution in [-0.2, 0) is 17.8 Å². The second-order valence-corrected chi connectivity index (χ2v) is 7.20. The van der Waals surface area contributed by atoms with Crippen molar-refractivity contribution in [1.29, 1.82) is 0 Å². The molecule has 2 aromatic rings. The molecule has 0 aliphatic carbocycles. The number of nitrogens with zero attached hydrogens (tertiary/aromatic N) is 4. The first kappa shape index (κ1) is 19.5. The summed E-state index contributed by atoms with van der Waals surface area (Å²) in [5, 5.41) is 7.11. The molecule has 0 spiro atoms. The summed E-state index contributed by atoms with van der Waals surface area (Å²) in [7, 11) is 0. The number of hydrogen-bond donors (Lipinski definition) is 1. The average molecular weight is 371 g/mol. The van der Waals surface area contributed by atoms with Gasteiger partial charge in [0.25, 0.3) is 0 Å². The Bertz CT molecular complexity index is 710. The zero-order valence-corrected chi connectivity index (χ0v) is 16.2. The van der Waals surface area contributed by atoms with Crippen LogP contribution in [-0.4, -0.2) is 64.6 Å². The van der Waals surface area contributed by atoms with Crippen molar-refractivity contribution < 1.29 is 9.32 Å². The van der Waals surface area contributed by atoms with Gasteiger partial charge < -0.3 is 9.84 Å². The van der Waals surface area contributed by atoms with E-state index in [1.807, 2.05) is 25.1 Å². The number of carbonyl (C=O) groups excluding carboxylic acids is 1. The number of aromatic nitrogens is 2. The van der Waals surface area contributed by atoms with Crippen LogP contribution in [0.15, 0.2) is 34.9 Å². The fraction of sp³-hybridized carbons (Fsp3) is 0.550. The van der Waals surface area contributed by atoms with Crippen molar-refractivity contribution in [3.8, 4) is 0 Å². The van der Waals surface area contributed by atoms with E-state index in [1.165, 1.54) is 5.56 Å². The monoisotopic (exact) mass is 371 g/mol. The van der Waals surface area contributed by atoms with E-state index in [1.54, 1.807) is 0 Å². The summed E-state index contributed by atoms with van der Waals surface area (Å²) in [6, 6.07) is 10.4. The van der Waals surface area contributed by atoms with E-state index in [4.69, 9.17) is 4.52 Å². The first-order valence-corrected chi connectivity index (χ1v) is 9.72. The highest BCUT2D eigenvalue weighted by Crippen LogP contribution is 2.10. The van der Waals surface area contributed by atoms with Crippen molar-refractivity contribution in [2.45, 2.75) is 39.3 Å². The largest absolute Gasteiger partial charge is 0.353 e. The molecule has 27 heavy (non-hydrogen) atoms. The van der Waals surface area contributed by atoms with E-state index < -0.39 is 0 Å². The highest BCUT2D eigenvalue weighted by Gasteiger charge is 2.21. The van der Waals surface area contributed by atoms with Crippen LogP contribution in [0.1, 0.15) is 37.5 Å². The number of amides is 1. The molecule has 7 nitrogen and oxygen atoms in total. The van der Waals surface area contributed by atoms with Crippen LogP contribution in [0.2, 0.25) is 0 Å². The molecule has 1 aromatic carbocycles. The maximum atomic E-state index is 12.0. The SMILES string of the molecule is CCC(C)NC(=O)CN1CCN(Cc2nc(Cc3ccccc3)no2)CC1. The fourth-order valence-electron chi connectivity index (χ4n) is 3.13. The highest BCUT2D eigenvalue weighted by atomic mass is 16.5. The van der Waals surface area contributed by atoms with Crippen LogP contribution in [0, 0.1) is 0 Å². The van der Waals surface area contributed by atoms with Gasteiger partial charge in [-0.25, -0.2) is 0 Å². The molecule has 0 saturated carbocycles. The van der Waals surface area contributed by atoms with Gasteiger partial charge in [-0.1, -0.05) is 42.4 Å². The van der Waals surface area contributed by atoms with E-state index in [9.17, 15) is 4.79 Å². The number of benzene rings is 1. The minimum Gasteiger partial charge on any atom is -0.353 e. The third-order valence-electron chi connectivity index (χ3n) is 4.93. The Hall–Kier alpha value is -2.25. The van der Waals surface area contributed by atoms with Gasteiger partial charge in [-0.3, -0.25) is 14.6 Å². The maximum Gasteiger partial charge on any atom is 0.240 e. The van der Waals surface area contributed by atoms with Crippen LogP contribution in [0.3, 0.4) is 0 Å². The Kier molecular flexibility index (Phi) is 6.95.